The predicted octanol–water partition coefficient (Wildman–Crippen LogP) is 18.9. The van der Waals surface area contributed by atoms with Gasteiger partial charge < -0.3 is 50.2 Å². The number of nitrogens with one attached hydrogen (secondary N) is 4. The Balaban J connectivity index is 0.634. The number of unbranched alkanes of at least 4 members (excludes halogenated alkanes) is 28. The van der Waals surface area contributed by atoms with Gasteiger partial charge in [-0.2, -0.15) is 21.9 Å². The first kappa shape index (κ1) is 108. The number of amides is 3. The number of carboxylic acids is 1. The number of fused-ring (bicyclic) bond motifs is 5. The standard InChI is InChI=1S/C102H145N10O21PS2/c1-7-9-11-13-15-17-19-21-23-25-27-29-37-48-94(114)128-69-79(131-95(115)49-38-30-28-26-24-22-20-18-16-14-12-10-8-2)70-130-134(120,121)129-60-58-103-93(113)47-36-32-41-59-112-68-77(108-111-112)51-55-88-80-46-42-45-78(52-54-82(80)97(110-109-88)73-43-34-31-35-44-73)132-100(119)105-57-40-33-39-56-104-98(116)74-50-53-81(85(61-74)99(117)118)96-86-62-83-75(71-135(122,123)124)66-101(3,4)106-89(83)64-91(86)133-92-65-90-84(63-87(92)96)76(72-136(125,126)127)67-102(5,6)107-90/h31,34-35,43-44,50,53,61-68,78-79,106H,7-30,32-33,36-42,45-49,51-52,54-60,69-72H2,1-6H3,(H,103,113)(H,104,116)(H,105,119)(H,117,118)(H,120,121)(H,122,123,124)(H,125,126,127)/t78?,79-/m1/s1. The molecule has 3 atom stereocenters. The first-order valence-corrected chi connectivity index (χ1v) is 54.4. The van der Waals surface area contributed by atoms with E-state index >= 15 is 0 Å². The summed E-state index contributed by atoms with van der Waals surface area (Å²) in [7, 11) is -13.8. The van der Waals surface area contributed by atoms with Crippen LogP contribution in [0.1, 0.15) is 351 Å². The van der Waals surface area contributed by atoms with Crippen molar-refractivity contribution in [2.45, 2.75) is 341 Å². The third kappa shape index (κ3) is 37.0. The Morgan fingerprint density at radius 1 is 0.588 bits per heavy atom. The molecule has 0 radical (unpaired) electrons. The zero-order chi connectivity index (χ0) is 97.5. The number of phosphoric acid groups is 1. The molecule has 4 aromatic carbocycles. The number of hydrogen-bond acceptors (Lipinski definition) is 23. The normalized spacial score (nSPS) is 15.4. The first-order chi connectivity index (χ1) is 65.2. The van der Waals surface area contributed by atoms with Gasteiger partial charge in [-0.15, -0.1) is 10.2 Å². The van der Waals surface area contributed by atoms with Crippen LogP contribution in [0.2, 0.25) is 0 Å². The van der Waals surface area contributed by atoms with Gasteiger partial charge in [0.2, 0.25) is 5.91 Å². The summed E-state index contributed by atoms with van der Waals surface area (Å²) in [4.78, 5) is 95.0. The maximum absolute atomic E-state index is 13.9. The van der Waals surface area contributed by atoms with Crippen molar-refractivity contribution in [1.29, 1.82) is 0 Å². The lowest BCUT2D eigenvalue weighted by Crippen LogP contribution is -2.33. The van der Waals surface area contributed by atoms with Gasteiger partial charge in [0, 0.05) is 108 Å². The van der Waals surface area contributed by atoms with E-state index in [2.05, 4.69) is 45.4 Å². The lowest BCUT2D eigenvalue weighted by atomic mass is 9.84. The number of anilines is 1. The van der Waals surface area contributed by atoms with Crippen molar-refractivity contribution in [2.75, 3.05) is 56.3 Å². The third-order valence-electron chi connectivity index (χ3n) is 25.0. The van der Waals surface area contributed by atoms with Crippen molar-refractivity contribution < 1.29 is 97.3 Å². The highest BCUT2D eigenvalue weighted by molar-refractivity contribution is 7.86. The van der Waals surface area contributed by atoms with E-state index in [9.17, 15) is 69.3 Å². The van der Waals surface area contributed by atoms with Gasteiger partial charge in [-0.05, 0) is 170 Å². The number of aromatic carboxylic acids is 1. The van der Waals surface area contributed by atoms with E-state index in [1.54, 1.807) is 54.9 Å². The van der Waals surface area contributed by atoms with Crippen LogP contribution in [-0.2, 0) is 94.7 Å². The molecule has 6 aromatic rings. The number of nitrogens with zero attached hydrogens (tertiary/aromatic N) is 6. The minimum atomic E-state index is -4.68. The zero-order valence-corrected chi connectivity index (χ0v) is 83.1. The number of benzene rings is 4. The Hall–Kier alpha value is -9.60. The number of alkyl carbamates (subject to hydrolysis) is 1. The topological polar surface area (TPSA) is 441 Å². The lowest BCUT2D eigenvalue weighted by molar-refractivity contribution is -0.161. The summed E-state index contributed by atoms with van der Waals surface area (Å²) < 4.78 is 119. The van der Waals surface area contributed by atoms with E-state index in [-0.39, 0.29) is 102 Å². The fourth-order valence-electron chi connectivity index (χ4n) is 18.2. The molecule has 2 unspecified atom stereocenters. The Labute approximate surface area is 802 Å². The van der Waals surface area contributed by atoms with E-state index < -0.39 is 93.3 Å². The molecule has 34 heteroatoms. The number of aromatic nitrogens is 5. The lowest BCUT2D eigenvalue weighted by Gasteiger charge is -2.34. The Morgan fingerprint density at radius 3 is 1.83 bits per heavy atom. The van der Waals surface area contributed by atoms with Crippen LogP contribution in [0.4, 0.5) is 10.5 Å². The summed E-state index contributed by atoms with van der Waals surface area (Å²) in [6.07, 6.45) is 42.3. The summed E-state index contributed by atoms with van der Waals surface area (Å²) in [5.41, 5.74) is 6.00. The van der Waals surface area contributed by atoms with E-state index in [1.165, 1.54) is 134 Å². The fraction of sp³-hybridized carbons (Fsp3) is 0.598. The summed E-state index contributed by atoms with van der Waals surface area (Å²) in [5.74, 6) is -4.16. The molecule has 10 rings (SSSR count). The van der Waals surface area contributed by atoms with Gasteiger partial charge in [0.05, 0.1) is 52.3 Å². The van der Waals surface area contributed by atoms with Crippen molar-refractivity contribution in [3.63, 3.8) is 0 Å². The molecule has 746 valence electrons. The van der Waals surface area contributed by atoms with Gasteiger partial charge in [0.25, 0.3) is 26.1 Å². The SMILES string of the molecule is CCCCCCCCCCCCCCCC(=O)OC[C@H](COP(=O)(O)OCCNC(=O)CCCCCn1cc(CCc2nnc(-c3ccccc3)c3c2CCCC(OC(=O)NCCCCCNC(=O)c2ccc(C4=c5cc6c(cc5Oc5cc7c(cc54)C(CS(=O)(=O)O)=CC(C)(C)N7)=NC(C)(C)C=C6CS(=O)(=O)O)c(C(=O)O)c2)CC3)nn1)OC(=O)CCCCCCCCCCCCCCC. The third-order valence-corrected chi connectivity index (χ3v) is 27.4. The van der Waals surface area contributed by atoms with Gasteiger partial charge in [-0.25, -0.2) is 14.2 Å². The molecule has 0 saturated carbocycles. The average Bonchev–Trinajstić information content (AvgIpc) is 0.725. The Kier molecular flexibility index (Phi) is 43.6. The second kappa shape index (κ2) is 54.7. The quantitative estimate of drug-likeness (QED) is 0.00577. The highest BCUT2D eigenvalue weighted by atomic mass is 32.2. The summed E-state index contributed by atoms with van der Waals surface area (Å²) in [6, 6.07) is 20.6. The molecule has 3 aliphatic heterocycles. The largest absolute Gasteiger partial charge is 0.478 e. The fourth-order valence-corrected chi connectivity index (χ4v) is 20.2. The van der Waals surface area contributed by atoms with Gasteiger partial charge in [-0.1, -0.05) is 228 Å². The second-order valence-corrected chi connectivity index (χ2v) is 42.1. The smallest absolute Gasteiger partial charge is 0.472 e. The molecular formula is C102H145N10O21PS2. The molecular weight excluding hydrogens is 1800 g/mol. The summed E-state index contributed by atoms with van der Waals surface area (Å²) in [6.45, 7) is 11.5. The summed E-state index contributed by atoms with van der Waals surface area (Å²) >= 11 is 0. The number of hydrogen-bond donors (Lipinski definition) is 8. The molecule has 0 fully saturated rings. The minimum absolute atomic E-state index is 0.0369. The Morgan fingerprint density at radius 2 is 1.19 bits per heavy atom. The van der Waals surface area contributed by atoms with Crippen LogP contribution in [0.15, 0.2) is 96.1 Å². The first-order valence-electron chi connectivity index (χ1n) is 49.6. The van der Waals surface area contributed by atoms with E-state index in [0.29, 0.717) is 123 Å². The summed E-state index contributed by atoms with van der Waals surface area (Å²) in [5, 5.41) is 42.0. The van der Waals surface area contributed by atoms with Crippen molar-refractivity contribution in [1.82, 2.24) is 41.1 Å². The zero-order valence-electron chi connectivity index (χ0n) is 80.6. The van der Waals surface area contributed by atoms with Crippen LogP contribution < -0.4 is 36.6 Å². The molecule has 0 spiro atoms. The highest BCUT2D eigenvalue weighted by Gasteiger charge is 2.35. The van der Waals surface area contributed by atoms with Crippen LogP contribution in [-0.4, -0.2) is 171 Å². The number of phosphoric ester groups is 1. The molecule has 4 aliphatic rings. The number of aryl methyl sites for hydroxylation is 3. The molecule has 3 amide bonds. The van der Waals surface area contributed by atoms with Crippen molar-refractivity contribution >= 4 is 86.3 Å². The van der Waals surface area contributed by atoms with Crippen molar-refractivity contribution in [3.8, 4) is 22.8 Å². The van der Waals surface area contributed by atoms with E-state index in [1.807, 2.05) is 50.4 Å². The van der Waals surface area contributed by atoms with E-state index in [4.69, 9.17) is 43.2 Å². The maximum Gasteiger partial charge on any atom is 0.472 e. The monoisotopic (exact) mass is 1940 g/mol. The van der Waals surface area contributed by atoms with E-state index in [0.717, 1.165) is 91.6 Å². The van der Waals surface area contributed by atoms with Gasteiger partial charge in [-0.3, -0.25) is 47.0 Å². The number of ether oxygens (including phenoxy) is 4. The second-order valence-electron chi connectivity index (χ2n) is 37.7. The maximum atomic E-state index is 13.9. The van der Waals surface area contributed by atoms with Crippen molar-refractivity contribution in [3.05, 3.63) is 158 Å². The molecule has 1 aliphatic carbocycles. The van der Waals surface area contributed by atoms with Crippen LogP contribution >= 0.6 is 7.82 Å². The number of carboxylic acid groups (broad SMARTS) is 1. The van der Waals surface area contributed by atoms with Crippen LogP contribution in [0, 0.1) is 0 Å². The molecule has 0 bridgehead atoms. The van der Waals surface area contributed by atoms with Crippen LogP contribution in [0.5, 0.6) is 11.5 Å². The molecule has 8 N–H and O–H groups in total. The molecule has 31 nitrogen and oxygen atoms in total. The molecule has 136 heavy (non-hydrogen) atoms. The average molecular weight is 1940 g/mol. The molecule has 2 aromatic heterocycles. The number of carbonyl (C=O) groups is 6. The molecule has 5 heterocycles. The number of esters is 2. The van der Waals surface area contributed by atoms with Crippen LogP contribution in [0.25, 0.3) is 28.0 Å². The number of carbonyl (C=O) groups excluding carboxylic acids is 5. The van der Waals surface area contributed by atoms with Gasteiger partial charge >= 0.3 is 31.8 Å². The highest BCUT2D eigenvalue weighted by Crippen LogP contribution is 2.47. The molecule has 0 saturated heterocycles. The van der Waals surface area contributed by atoms with Crippen molar-refractivity contribution in [2.24, 2.45) is 4.99 Å². The van der Waals surface area contributed by atoms with Gasteiger partial charge in [0.15, 0.2) is 6.10 Å². The predicted molar refractivity (Wildman–Crippen MR) is 525 cm³/mol. The number of rotatable bonds is 62. The minimum Gasteiger partial charge on any atom is -0.478 e. The van der Waals surface area contributed by atoms with Crippen LogP contribution in [0.3, 0.4) is 0 Å². The Bertz CT molecular complexity index is 5470. The van der Waals surface area contributed by atoms with Gasteiger partial charge in [0.1, 0.15) is 35.7 Å².